The van der Waals surface area contributed by atoms with E-state index in [0.29, 0.717) is 16.4 Å². The zero-order chi connectivity index (χ0) is 11.5. The Morgan fingerprint density at radius 2 is 1.69 bits per heavy atom. The number of nitro benzene ring substituents is 1. The molecular weight excluding hydrogens is 230 g/mol. The molecule has 16 heavy (non-hydrogen) atoms. The number of nitro groups is 1. The van der Waals surface area contributed by atoms with Crippen molar-refractivity contribution >= 4 is 17.3 Å². The first-order valence-corrected chi connectivity index (χ1v) is 4.77. The molecule has 0 saturated heterocycles. The molecule has 0 aliphatic carbocycles. The summed E-state index contributed by atoms with van der Waals surface area (Å²) in [6, 6.07) is 6.02. The topological polar surface area (TPSA) is 68.9 Å². The van der Waals surface area contributed by atoms with Gasteiger partial charge in [-0.05, 0) is 12.1 Å². The van der Waals surface area contributed by atoms with Crippen LogP contribution in [-0.2, 0) is 0 Å². The van der Waals surface area contributed by atoms with Crippen molar-refractivity contribution in [3.63, 3.8) is 0 Å². The lowest BCUT2D eigenvalue weighted by Crippen LogP contribution is -1.90. The van der Waals surface area contributed by atoms with E-state index in [9.17, 15) is 10.1 Å². The molecule has 0 atom stereocenters. The Hall–Kier alpha value is -2.01. The zero-order valence-electron chi connectivity index (χ0n) is 8.00. The normalized spacial score (nSPS) is 10.1. The van der Waals surface area contributed by atoms with Crippen LogP contribution in [0.5, 0.6) is 0 Å². The molecule has 6 heteroatoms. The van der Waals surface area contributed by atoms with Crippen molar-refractivity contribution in [3.8, 4) is 11.4 Å². The lowest BCUT2D eigenvalue weighted by atomic mass is 10.2. The molecule has 5 nitrogen and oxygen atoms in total. The Labute approximate surface area is 95.9 Å². The van der Waals surface area contributed by atoms with Crippen molar-refractivity contribution in [1.82, 2.24) is 9.97 Å². The highest BCUT2D eigenvalue weighted by atomic mass is 35.5. The van der Waals surface area contributed by atoms with Crippen LogP contribution in [0.3, 0.4) is 0 Å². The fourth-order valence-electron chi connectivity index (χ4n) is 1.19. The van der Waals surface area contributed by atoms with Gasteiger partial charge in [0.25, 0.3) is 5.69 Å². The molecule has 1 heterocycles. The van der Waals surface area contributed by atoms with Crippen molar-refractivity contribution in [2.24, 2.45) is 0 Å². The maximum absolute atomic E-state index is 10.5. The maximum atomic E-state index is 10.5. The summed E-state index contributed by atoms with van der Waals surface area (Å²) in [6.45, 7) is 0. The number of benzene rings is 1. The highest BCUT2D eigenvalue weighted by molar-refractivity contribution is 6.30. The van der Waals surface area contributed by atoms with E-state index in [-0.39, 0.29) is 5.69 Å². The van der Waals surface area contributed by atoms with Crippen LogP contribution in [0.15, 0.2) is 36.7 Å². The summed E-state index contributed by atoms with van der Waals surface area (Å²) >= 11 is 5.65. The molecule has 0 radical (unpaired) electrons. The first-order chi connectivity index (χ1) is 7.66. The van der Waals surface area contributed by atoms with Gasteiger partial charge in [-0.3, -0.25) is 10.1 Å². The van der Waals surface area contributed by atoms with E-state index < -0.39 is 4.92 Å². The summed E-state index contributed by atoms with van der Waals surface area (Å²) in [5.41, 5.74) is 0.750. The lowest BCUT2D eigenvalue weighted by molar-refractivity contribution is -0.384. The Morgan fingerprint density at radius 3 is 2.19 bits per heavy atom. The molecule has 2 rings (SSSR count). The predicted octanol–water partition coefficient (Wildman–Crippen LogP) is 2.71. The minimum Gasteiger partial charge on any atom is -0.258 e. The van der Waals surface area contributed by atoms with E-state index in [4.69, 9.17) is 11.6 Å². The van der Waals surface area contributed by atoms with Gasteiger partial charge in [0.05, 0.1) is 9.95 Å². The zero-order valence-corrected chi connectivity index (χ0v) is 8.76. The van der Waals surface area contributed by atoms with E-state index in [1.807, 2.05) is 0 Å². The standard InChI is InChI=1S/C10H6ClN3O2/c11-8-5-12-10(13-6-8)7-1-3-9(4-2-7)14(15)16/h1-6H. The van der Waals surface area contributed by atoms with Crippen LogP contribution in [0.25, 0.3) is 11.4 Å². The van der Waals surface area contributed by atoms with Gasteiger partial charge in [0.1, 0.15) is 0 Å². The Morgan fingerprint density at radius 1 is 1.12 bits per heavy atom. The first kappa shape index (κ1) is 10.5. The largest absolute Gasteiger partial charge is 0.269 e. The SMILES string of the molecule is O=[N+]([O-])c1ccc(-c2ncc(Cl)cn2)cc1. The van der Waals surface area contributed by atoms with Gasteiger partial charge in [0.15, 0.2) is 5.82 Å². The van der Waals surface area contributed by atoms with Gasteiger partial charge in [-0.25, -0.2) is 9.97 Å². The number of hydrogen-bond donors (Lipinski definition) is 0. The average molecular weight is 236 g/mol. The second kappa shape index (κ2) is 4.24. The van der Waals surface area contributed by atoms with E-state index >= 15 is 0 Å². The molecular formula is C10H6ClN3O2. The number of halogens is 1. The van der Waals surface area contributed by atoms with Gasteiger partial charge in [-0.2, -0.15) is 0 Å². The Bertz CT molecular complexity index is 511. The molecule has 0 amide bonds. The Balaban J connectivity index is 2.34. The number of non-ortho nitro benzene ring substituents is 1. The summed E-state index contributed by atoms with van der Waals surface area (Å²) in [7, 11) is 0. The maximum Gasteiger partial charge on any atom is 0.269 e. The van der Waals surface area contributed by atoms with Crippen molar-refractivity contribution in [2.75, 3.05) is 0 Å². The molecule has 80 valence electrons. The molecule has 1 aromatic carbocycles. The molecule has 0 N–H and O–H groups in total. The van der Waals surface area contributed by atoms with E-state index in [1.165, 1.54) is 24.5 Å². The van der Waals surface area contributed by atoms with Crippen LogP contribution in [0.1, 0.15) is 0 Å². The molecule has 0 bridgehead atoms. The molecule has 0 unspecified atom stereocenters. The summed E-state index contributed by atoms with van der Waals surface area (Å²) in [5, 5.41) is 10.9. The van der Waals surface area contributed by atoms with Crippen LogP contribution in [-0.4, -0.2) is 14.9 Å². The monoisotopic (exact) mass is 235 g/mol. The predicted molar refractivity (Wildman–Crippen MR) is 59.1 cm³/mol. The van der Waals surface area contributed by atoms with Crippen molar-refractivity contribution in [2.45, 2.75) is 0 Å². The molecule has 1 aromatic heterocycles. The van der Waals surface area contributed by atoms with Crippen LogP contribution >= 0.6 is 11.6 Å². The van der Waals surface area contributed by atoms with Crippen molar-refractivity contribution in [1.29, 1.82) is 0 Å². The number of hydrogen-bond acceptors (Lipinski definition) is 4. The van der Waals surface area contributed by atoms with Gasteiger partial charge in [-0.15, -0.1) is 0 Å². The van der Waals surface area contributed by atoms with Gasteiger partial charge < -0.3 is 0 Å². The van der Waals surface area contributed by atoms with E-state index in [0.717, 1.165) is 0 Å². The molecule has 0 aliphatic heterocycles. The molecule has 0 saturated carbocycles. The van der Waals surface area contributed by atoms with Gasteiger partial charge >= 0.3 is 0 Å². The highest BCUT2D eigenvalue weighted by Gasteiger charge is 2.06. The molecule has 0 aliphatic rings. The van der Waals surface area contributed by atoms with E-state index in [2.05, 4.69) is 9.97 Å². The number of rotatable bonds is 2. The van der Waals surface area contributed by atoms with Crippen LogP contribution in [0.4, 0.5) is 5.69 Å². The molecule has 0 spiro atoms. The van der Waals surface area contributed by atoms with Crippen LogP contribution in [0.2, 0.25) is 5.02 Å². The third-order valence-corrected chi connectivity index (χ3v) is 2.15. The van der Waals surface area contributed by atoms with Crippen LogP contribution < -0.4 is 0 Å². The van der Waals surface area contributed by atoms with E-state index in [1.54, 1.807) is 12.1 Å². The number of aromatic nitrogens is 2. The summed E-state index contributed by atoms with van der Waals surface area (Å²) in [5.74, 6) is 0.485. The van der Waals surface area contributed by atoms with Crippen molar-refractivity contribution in [3.05, 3.63) is 51.8 Å². The molecule has 0 fully saturated rings. The fourth-order valence-corrected chi connectivity index (χ4v) is 1.29. The minimum absolute atomic E-state index is 0.0395. The smallest absolute Gasteiger partial charge is 0.258 e. The second-order valence-electron chi connectivity index (χ2n) is 3.03. The molecule has 2 aromatic rings. The van der Waals surface area contributed by atoms with Crippen molar-refractivity contribution < 1.29 is 4.92 Å². The quantitative estimate of drug-likeness (QED) is 0.593. The minimum atomic E-state index is -0.452. The van der Waals surface area contributed by atoms with Gasteiger partial charge in [-0.1, -0.05) is 11.6 Å². The van der Waals surface area contributed by atoms with Gasteiger partial charge in [0, 0.05) is 30.1 Å². The fraction of sp³-hybridized carbons (Fsp3) is 0. The summed E-state index contributed by atoms with van der Waals surface area (Å²) in [4.78, 5) is 18.0. The summed E-state index contributed by atoms with van der Waals surface area (Å²) < 4.78 is 0. The summed E-state index contributed by atoms with van der Waals surface area (Å²) in [6.07, 6.45) is 2.95. The third kappa shape index (κ3) is 2.14. The number of nitrogens with zero attached hydrogens (tertiary/aromatic N) is 3. The highest BCUT2D eigenvalue weighted by Crippen LogP contribution is 2.19. The van der Waals surface area contributed by atoms with Crippen LogP contribution in [0, 0.1) is 10.1 Å². The third-order valence-electron chi connectivity index (χ3n) is 1.96. The lowest BCUT2D eigenvalue weighted by Gasteiger charge is -1.98. The second-order valence-corrected chi connectivity index (χ2v) is 3.47. The van der Waals surface area contributed by atoms with Gasteiger partial charge in [0.2, 0.25) is 0 Å². The first-order valence-electron chi connectivity index (χ1n) is 4.39. The Kier molecular flexibility index (Phi) is 2.78. The average Bonchev–Trinajstić information content (AvgIpc) is 2.30.